The number of rotatable bonds is 10. The molecule has 0 spiro atoms. The number of aryl methyl sites for hydroxylation is 2. The average molecular weight is 413 g/mol. The number of alkyl carbamates (subject to hydrolysis) is 1. The van der Waals surface area contributed by atoms with Gasteiger partial charge >= 0.3 is 12.0 Å². The fourth-order valence-electron chi connectivity index (χ4n) is 2.37. The quantitative estimate of drug-likeness (QED) is 0.369. The molecular formula is C18H24BrFN3O2+. The number of ether oxygens (including phenoxy) is 1. The van der Waals surface area contributed by atoms with E-state index in [1.807, 2.05) is 30.3 Å². The van der Waals surface area contributed by atoms with E-state index in [1.165, 1.54) is 6.20 Å². The number of carbonyl (C=O) groups excluding carboxylic acids is 1. The number of halogens is 2. The molecule has 0 bridgehead atoms. The number of nitrogens with zero attached hydrogens (tertiary/aromatic N) is 2. The maximum atomic E-state index is 13.8. The largest absolute Gasteiger partial charge is 0.445 e. The fraction of sp³-hybridized carbons (Fsp3) is 0.444. The van der Waals surface area contributed by atoms with Gasteiger partial charge in [0.15, 0.2) is 6.20 Å². The maximum absolute atomic E-state index is 13.8. The summed E-state index contributed by atoms with van der Waals surface area (Å²) in [4.78, 5) is 11.6. The number of hydrogen-bond donors (Lipinski definition) is 1. The third-order valence-corrected chi connectivity index (χ3v) is 4.25. The molecule has 5 nitrogen and oxygen atoms in total. The number of unbranched alkanes of at least 4 members (excludes halogenated alkanes) is 1. The Morgan fingerprint density at radius 2 is 2.04 bits per heavy atom. The lowest BCUT2D eigenvalue weighted by atomic mass is 10.2. The lowest BCUT2D eigenvalue weighted by molar-refractivity contribution is -0.697. The van der Waals surface area contributed by atoms with Gasteiger partial charge in [0, 0.05) is 18.3 Å². The molecule has 0 atom stereocenters. The summed E-state index contributed by atoms with van der Waals surface area (Å²) >= 11 is 3.37. The van der Waals surface area contributed by atoms with E-state index in [0.29, 0.717) is 26.1 Å². The summed E-state index contributed by atoms with van der Waals surface area (Å²) in [5.41, 5.74) is 0.949. The Morgan fingerprint density at radius 3 is 2.80 bits per heavy atom. The molecule has 136 valence electrons. The zero-order valence-corrected chi connectivity index (χ0v) is 15.8. The Hall–Kier alpha value is -1.89. The van der Waals surface area contributed by atoms with Crippen LogP contribution >= 0.6 is 15.9 Å². The molecule has 1 heterocycles. The van der Waals surface area contributed by atoms with Gasteiger partial charge in [0.2, 0.25) is 6.33 Å². The molecule has 2 rings (SSSR count). The highest BCUT2D eigenvalue weighted by atomic mass is 79.9. The Bertz CT molecular complexity index is 649. The number of alkyl halides is 1. The topological polar surface area (TPSA) is 47.1 Å². The summed E-state index contributed by atoms with van der Waals surface area (Å²) in [7, 11) is 0. The minimum Gasteiger partial charge on any atom is -0.445 e. The monoisotopic (exact) mass is 412 g/mol. The molecule has 1 amide bonds. The van der Waals surface area contributed by atoms with Crippen LogP contribution in [0, 0.1) is 5.95 Å². The van der Waals surface area contributed by atoms with Crippen molar-refractivity contribution >= 4 is 22.0 Å². The van der Waals surface area contributed by atoms with Crippen LogP contribution in [0.25, 0.3) is 0 Å². The van der Waals surface area contributed by atoms with Crippen molar-refractivity contribution in [3.63, 3.8) is 0 Å². The van der Waals surface area contributed by atoms with Crippen molar-refractivity contribution in [3.05, 3.63) is 54.4 Å². The molecule has 25 heavy (non-hydrogen) atoms. The SMILES string of the molecule is O=C(NCCC[n+]1cc(F)n(CCCCBr)c1)OCc1ccccc1. The number of nitrogens with one attached hydrogen (secondary N) is 1. The van der Waals surface area contributed by atoms with Gasteiger partial charge in [-0.3, -0.25) is 0 Å². The molecular weight excluding hydrogens is 389 g/mol. The Kier molecular flexibility index (Phi) is 8.45. The molecule has 0 saturated carbocycles. The third kappa shape index (κ3) is 7.25. The van der Waals surface area contributed by atoms with Gasteiger partial charge < -0.3 is 10.1 Å². The molecule has 0 unspecified atom stereocenters. The molecule has 0 aliphatic heterocycles. The number of carbonyl (C=O) groups is 1. The fourth-order valence-corrected chi connectivity index (χ4v) is 2.76. The van der Waals surface area contributed by atoms with Gasteiger partial charge in [-0.2, -0.15) is 4.39 Å². The van der Waals surface area contributed by atoms with E-state index in [0.717, 1.165) is 23.7 Å². The van der Waals surface area contributed by atoms with Gasteiger partial charge in [-0.25, -0.2) is 13.9 Å². The predicted octanol–water partition coefficient (Wildman–Crippen LogP) is 3.41. The van der Waals surface area contributed by atoms with Crippen molar-refractivity contribution in [2.75, 3.05) is 11.9 Å². The summed E-state index contributed by atoms with van der Waals surface area (Å²) in [6.07, 6.45) is 5.49. The molecule has 0 aliphatic carbocycles. The summed E-state index contributed by atoms with van der Waals surface area (Å²) < 4.78 is 22.3. The van der Waals surface area contributed by atoms with E-state index < -0.39 is 6.09 Å². The van der Waals surface area contributed by atoms with Gasteiger partial charge in [-0.05, 0) is 18.4 Å². The van der Waals surface area contributed by atoms with E-state index >= 15 is 0 Å². The van der Waals surface area contributed by atoms with Gasteiger partial charge in [0.25, 0.3) is 0 Å². The van der Waals surface area contributed by atoms with Gasteiger partial charge in [-0.1, -0.05) is 46.3 Å². The van der Waals surface area contributed by atoms with Crippen LogP contribution in [-0.4, -0.2) is 22.5 Å². The van der Waals surface area contributed by atoms with Crippen molar-refractivity contribution < 1.29 is 18.5 Å². The average Bonchev–Trinajstić information content (AvgIpc) is 2.98. The molecule has 2 aromatic rings. The zero-order valence-electron chi connectivity index (χ0n) is 14.2. The van der Waals surface area contributed by atoms with E-state index in [4.69, 9.17) is 4.74 Å². The first kappa shape index (κ1) is 19.4. The third-order valence-electron chi connectivity index (χ3n) is 3.69. The molecule has 1 aromatic carbocycles. The van der Waals surface area contributed by atoms with E-state index in [-0.39, 0.29) is 12.6 Å². The predicted molar refractivity (Wildman–Crippen MR) is 96.9 cm³/mol. The number of benzene rings is 1. The highest BCUT2D eigenvalue weighted by molar-refractivity contribution is 9.09. The zero-order chi connectivity index (χ0) is 17.9. The molecule has 1 N–H and O–H groups in total. The lowest BCUT2D eigenvalue weighted by Crippen LogP contribution is -2.34. The van der Waals surface area contributed by atoms with Gasteiger partial charge in [-0.15, -0.1) is 0 Å². The van der Waals surface area contributed by atoms with Gasteiger partial charge in [0.05, 0.1) is 13.1 Å². The van der Waals surface area contributed by atoms with Crippen LogP contribution in [-0.2, 0) is 24.4 Å². The van der Waals surface area contributed by atoms with Crippen molar-refractivity contribution in [2.24, 2.45) is 0 Å². The minimum atomic E-state index is -0.438. The highest BCUT2D eigenvalue weighted by Crippen LogP contribution is 2.02. The normalized spacial score (nSPS) is 10.6. The van der Waals surface area contributed by atoms with Crippen LogP contribution < -0.4 is 9.88 Å². The summed E-state index contributed by atoms with van der Waals surface area (Å²) in [5, 5.41) is 3.64. The van der Waals surface area contributed by atoms with E-state index in [1.54, 1.807) is 15.5 Å². The van der Waals surface area contributed by atoms with E-state index in [2.05, 4.69) is 21.2 Å². The Morgan fingerprint density at radius 1 is 1.24 bits per heavy atom. The second-order valence-corrected chi connectivity index (χ2v) is 6.53. The molecule has 0 aliphatic rings. The first-order chi connectivity index (χ1) is 12.2. The second-order valence-electron chi connectivity index (χ2n) is 5.74. The standard InChI is InChI=1S/C18H23BrFN3O2/c19-9-4-5-12-23-15-22(13-17(23)20)11-6-10-21-18(24)25-14-16-7-2-1-3-8-16/h1-3,7-8,13,15H,4-6,9-12,14H2/p+1. The smallest absolute Gasteiger partial charge is 0.407 e. The van der Waals surface area contributed by atoms with Gasteiger partial charge in [0.1, 0.15) is 6.61 Å². The maximum Gasteiger partial charge on any atom is 0.407 e. The van der Waals surface area contributed by atoms with Crippen molar-refractivity contribution in [2.45, 2.75) is 39.0 Å². The van der Waals surface area contributed by atoms with Crippen LogP contribution in [0.4, 0.5) is 9.18 Å². The second kappa shape index (κ2) is 10.9. The number of imidazole rings is 1. The summed E-state index contributed by atoms with van der Waals surface area (Å²) in [6.45, 7) is 2.05. The number of amides is 1. The summed E-state index contributed by atoms with van der Waals surface area (Å²) in [6, 6.07) is 9.53. The van der Waals surface area contributed by atoms with E-state index in [9.17, 15) is 9.18 Å². The number of hydrogen-bond acceptors (Lipinski definition) is 2. The number of aromatic nitrogens is 2. The minimum absolute atomic E-state index is 0.232. The lowest BCUT2D eigenvalue weighted by Gasteiger charge is -2.06. The van der Waals surface area contributed by atoms with Crippen LogP contribution in [0.3, 0.4) is 0 Å². The highest BCUT2D eigenvalue weighted by Gasteiger charge is 2.12. The molecule has 0 fully saturated rings. The molecule has 0 saturated heterocycles. The molecule has 0 radical (unpaired) electrons. The van der Waals surface area contributed by atoms with Crippen LogP contribution in [0.1, 0.15) is 24.8 Å². The van der Waals surface area contributed by atoms with Crippen LogP contribution in [0.2, 0.25) is 0 Å². The Balaban J connectivity index is 1.62. The molecule has 1 aromatic heterocycles. The van der Waals surface area contributed by atoms with Crippen LogP contribution in [0.5, 0.6) is 0 Å². The first-order valence-electron chi connectivity index (χ1n) is 8.44. The summed E-state index contributed by atoms with van der Waals surface area (Å²) in [5.74, 6) is -0.232. The van der Waals surface area contributed by atoms with Crippen LogP contribution in [0.15, 0.2) is 42.9 Å². The first-order valence-corrected chi connectivity index (χ1v) is 9.56. The Labute approximate surface area is 155 Å². The van der Waals surface area contributed by atoms with Crippen molar-refractivity contribution in [1.82, 2.24) is 9.88 Å². The molecule has 7 heteroatoms. The van der Waals surface area contributed by atoms with Crippen molar-refractivity contribution in [1.29, 1.82) is 0 Å². The van der Waals surface area contributed by atoms with Crippen molar-refractivity contribution in [3.8, 4) is 0 Å².